The van der Waals surface area contributed by atoms with Gasteiger partial charge in [0.2, 0.25) is 0 Å². The molecule has 2 aromatic rings. The van der Waals surface area contributed by atoms with Crippen molar-refractivity contribution >= 4 is 0 Å². The third-order valence-electron chi connectivity index (χ3n) is 3.82. The zero-order valence-electron chi connectivity index (χ0n) is 10.3. The topological polar surface area (TPSA) is 20.2 Å². The molecule has 1 N–H and O–H groups in total. The molecule has 0 unspecified atom stereocenters. The fourth-order valence-corrected chi connectivity index (χ4v) is 2.85. The van der Waals surface area contributed by atoms with E-state index >= 15 is 0 Å². The molecule has 0 aliphatic heterocycles. The number of hydrogen-bond acceptors (Lipinski definition) is 1. The highest BCUT2D eigenvalue weighted by Crippen LogP contribution is 2.38. The molecule has 0 amide bonds. The van der Waals surface area contributed by atoms with E-state index in [1.54, 1.807) is 6.08 Å². The first-order chi connectivity index (χ1) is 8.75. The molecule has 0 fully saturated rings. The quantitative estimate of drug-likeness (QED) is 0.754. The molecule has 0 atom stereocenters. The van der Waals surface area contributed by atoms with E-state index in [9.17, 15) is 5.11 Å². The molecule has 0 aromatic heterocycles. The van der Waals surface area contributed by atoms with Crippen LogP contribution in [0.25, 0.3) is 0 Å². The van der Waals surface area contributed by atoms with Gasteiger partial charge in [0, 0.05) is 0 Å². The first-order valence-corrected chi connectivity index (χ1v) is 6.28. The lowest BCUT2D eigenvalue weighted by atomic mass is 9.84. The van der Waals surface area contributed by atoms with E-state index in [0.29, 0.717) is 0 Å². The summed E-state index contributed by atoms with van der Waals surface area (Å²) in [6, 6.07) is 16.2. The lowest BCUT2D eigenvalue weighted by molar-refractivity contribution is 0.134. The lowest BCUT2D eigenvalue weighted by Gasteiger charge is -2.27. The molecular formula is C17H16O. The minimum atomic E-state index is -1.07. The minimum absolute atomic E-state index is 0.962. The Labute approximate surface area is 107 Å². The van der Waals surface area contributed by atoms with Gasteiger partial charge in [0.25, 0.3) is 0 Å². The van der Waals surface area contributed by atoms with Crippen LogP contribution >= 0.6 is 0 Å². The second-order valence-corrected chi connectivity index (χ2v) is 4.78. The highest BCUT2D eigenvalue weighted by atomic mass is 16.3. The van der Waals surface area contributed by atoms with E-state index in [-0.39, 0.29) is 0 Å². The maximum Gasteiger partial charge on any atom is 0.133 e. The average molecular weight is 236 g/mol. The van der Waals surface area contributed by atoms with Crippen LogP contribution in [-0.2, 0) is 18.4 Å². The van der Waals surface area contributed by atoms with Gasteiger partial charge >= 0.3 is 0 Å². The third-order valence-corrected chi connectivity index (χ3v) is 3.82. The Morgan fingerprint density at radius 2 is 1.33 bits per heavy atom. The smallest absolute Gasteiger partial charge is 0.133 e. The van der Waals surface area contributed by atoms with E-state index in [2.05, 4.69) is 18.7 Å². The van der Waals surface area contributed by atoms with Crippen LogP contribution in [0.4, 0.5) is 0 Å². The van der Waals surface area contributed by atoms with Gasteiger partial charge in [0.15, 0.2) is 0 Å². The fraction of sp³-hybridized carbons (Fsp3) is 0.176. The lowest BCUT2D eigenvalue weighted by Crippen LogP contribution is -2.25. The van der Waals surface area contributed by atoms with Crippen LogP contribution in [-0.4, -0.2) is 5.11 Å². The summed E-state index contributed by atoms with van der Waals surface area (Å²) in [7, 11) is 0. The minimum Gasteiger partial charge on any atom is -0.377 e. The van der Waals surface area contributed by atoms with Gasteiger partial charge in [-0.15, -0.1) is 0 Å². The summed E-state index contributed by atoms with van der Waals surface area (Å²) < 4.78 is 0. The van der Waals surface area contributed by atoms with E-state index in [0.717, 1.165) is 24.0 Å². The highest BCUT2D eigenvalue weighted by Gasteiger charge is 2.33. The van der Waals surface area contributed by atoms with Gasteiger partial charge in [-0.1, -0.05) is 61.2 Å². The molecule has 1 heteroatoms. The largest absolute Gasteiger partial charge is 0.377 e. The maximum atomic E-state index is 11.0. The number of rotatable bonds is 1. The second-order valence-electron chi connectivity index (χ2n) is 4.78. The first-order valence-electron chi connectivity index (χ1n) is 6.28. The molecule has 1 aliphatic rings. The molecule has 0 saturated carbocycles. The van der Waals surface area contributed by atoms with Crippen LogP contribution in [0.2, 0.25) is 0 Å². The summed E-state index contributed by atoms with van der Waals surface area (Å²) in [5.41, 5.74) is 3.27. The fourth-order valence-electron chi connectivity index (χ4n) is 2.85. The summed E-state index contributed by atoms with van der Waals surface area (Å²) in [6.45, 7) is 3.85. The number of benzene rings is 2. The number of fused-ring (bicyclic) bond motifs is 2. The third kappa shape index (κ3) is 1.52. The molecule has 0 radical (unpaired) electrons. The molecule has 2 aromatic carbocycles. The van der Waals surface area contributed by atoms with E-state index in [1.807, 2.05) is 36.4 Å². The average Bonchev–Trinajstić information content (AvgIpc) is 2.56. The molecular weight excluding hydrogens is 220 g/mol. The van der Waals surface area contributed by atoms with Gasteiger partial charge in [0.1, 0.15) is 5.60 Å². The van der Waals surface area contributed by atoms with Crippen molar-refractivity contribution in [2.24, 2.45) is 0 Å². The van der Waals surface area contributed by atoms with Crippen LogP contribution < -0.4 is 0 Å². The van der Waals surface area contributed by atoms with Gasteiger partial charge in [-0.25, -0.2) is 0 Å². The Kier molecular flexibility index (Phi) is 2.57. The van der Waals surface area contributed by atoms with Crippen molar-refractivity contribution < 1.29 is 5.11 Å². The number of aryl methyl sites for hydroxylation is 2. The first kappa shape index (κ1) is 11.2. The van der Waals surface area contributed by atoms with E-state index < -0.39 is 5.60 Å². The SMILES string of the molecule is C=CC1(O)c2ccccc2CCc2ccccc21. The van der Waals surface area contributed by atoms with E-state index in [1.165, 1.54) is 11.1 Å². The standard InChI is InChI=1S/C17H16O/c1-2-17(18)15-9-5-3-7-13(15)11-12-14-8-4-6-10-16(14)17/h2-10,18H,1,11-12H2. The van der Waals surface area contributed by atoms with E-state index in [4.69, 9.17) is 0 Å². The summed E-state index contributed by atoms with van der Waals surface area (Å²) >= 11 is 0. The second kappa shape index (κ2) is 4.11. The van der Waals surface area contributed by atoms with Crippen LogP contribution in [0.15, 0.2) is 61.2 Å². The van der Waals surface area contributed by atoms with Crippen molar-refractivity contribution in [1.82, 2.24) is 0 Å². The Morgan fingerprint density at radius 1 is 0.889 bits per heavy atom. The van der Waals surface area contributed by atoms with Gasteiger partial charge in [0.05, 0.1) is 0 Å². The summed E-state index contributed by atoms with van der Waals surface area (Å²) in [5, 5.41) is 11.0. The van der Waals surface area contributed by atoms with Crippen molar-refractivity contribution in [3.05, 3.63) is 83.4 Å². The molecule has 0 saturated heterocycles. The predicted octanol–water partition coefficient (Wildman–Crippen LogP) is 3.21. The summed E-state index contributed by atoms with van der Waals surface area (Å²) in [5.74, 6) is 0. The van der Waals surface area contributed by atoms with Crippen LogP contribution in [0.1, 0.15) is 22.3 Å². The molecule has 1 aliphatic carbocycles. The van der Waals surface area contributed by atoms with Crippen molar-refractivity contribution in [2.75, 3.05) is 0 Å². The zero-order chi connectivity index (χ0) is 12.6. The molecule has 0 heterocycles. The molecule has 90 valence electrons. The van der Waals surface area contributed by atoms with Crippen molar-refractivity contribution in [3.8, 4) is 0 Å². The monoisotopic (exact) mass is 236 g/mol. The Bertz CT molecular complexity index is 551. The Morgan fingerprint density at radius 3 is 1.78 bits per heavy atom. The zero-order valence-corrected chi connectivity index (χ0v) is 10.3. The Balaban J connectivity index is 2.32. The Hall–Kier alpha value is -1.86. The van der Waals surface area contributed by atoms with Crippen LogP contribution in [0.3, 0.4) is 0 Å². The van der Waals surface area contributed by atoms with Crippen molar-refractivity contribution in [3.63, 3.8) is 0 Å². The van der Waals surface area contributed by atoms with Gasteiger partial charge in [-0.2, -0.15) is 0 Å². The van der Waals surface area contributed by atoms with Crippen LogP contribution in [0, 0.1) is 0 Å². The summed E-state index contributed by atoms with van der Waals surface area (Å²) in [4.78, 5) is 0. The van der Waals surface area contributed by atoms with Crippen LogP contribution in [0.5, 0.6) is 0 Å². The van der Waals surface area contributed by atoms with Gasteiger partial charge in [-0.3, -0.25) is 0 Å². The number of hydrogen-bond donors (Lipinski definition) is 1. The molecule has 0 spiro atoms. The molecule has 18 heavy (non-hydrogen) atoms. The van der Waals surface area contributed by atoms with Crippen molar-refractivity contribution in [1.29, 1.82) is 0 Å². The highest BCUT2D eigenvalue weighted by molar-refractivity contribution is 5.50. The molecule has 0 bridgehead atoms. The summed E-state index contributed by atoms with van der Waals surface area (Å²) in [6.07, 6.45) is 3.57. The normalized spacial score (nSPS) is 16.3. The molecule has 3 rings (SSSR count). The van der Waals surface area contributed by atoms with Gasteiger partial charge in [-0.05, 0) is 35.1 Å². The van der Waals surface area contributed by atoms with Crippen molar-refractivity contribution in [2.45, 2.75) is 18.4 Å². The maximum absolute atomic E-state index is 11.0. The molecule has 1 nitrogen and oxygen atoms in total. The predicted molar refractivity (Wildman–Crippen MR) is 73.5 cm³/mol. The number of aliphatic hydroxyl groups is 1. The van der Waals surface area contributed by atoms with Gasteiger partial charge < -0.3 is 5.11 Å².